The summed E-state index contributed by atoms with van der Waals surface area (Å²) in [5, 5.41) is 10.4. The highest BCUT2D eigenvalue weighted by molar-refractivity contribution is 5.48. The molecular formula is C17H21FN4O. The predicted molar refractivity (Wildman–Crippen MR) is 86.7 cm³/mol. The minimum atomic E-state index is -0.635. The van der Waals surface area contributed by atoms with Gasteiger partial charge in [-0.3, -0.25) is 4.90 Å². The third kappa shape index (κ3) is 3.48. The molecule has 1 aliphatic heterocycles. The zero-order valence-corrected chi connectivity index (χ0v) is 13.4. The molecule has 0 fully saturated rings. The molecule has 5 nitrogen and oxygen atoms in total. The zero-order chi connectivity index (χ0) is 16.4. The summed E-state index contributed by atoms with van der Waals surface area (Å²) in [4.78, 5) is 12.9. The van der Waals surface area contributed by atoms with Crippen LogP contribution in [-0.4, -0.2) is 47.2 Å². The van der Waals surface area contributed by atoms with Gasteiger partial charge in [0, 0.05) is 45.7 Å². The number of fused-ring (bicyclic) bond motifs is 1. The van der Waals surface area contributed by atoms with Gasteiger partial charge in [0.25, 0.3) is 0 Å². The van der Waals surface area contributed by atoms with Crippen molar-refractivity contribution in [3.8, 4) is 0 Å². The summed E-state index contributed by atoms with van der Waals surface area (Å²) in [7, 11) is 3.93. The van der Waals surface area contributed by atoms with Crippen LogP contribution in [0.25, 0.3) is 0 Å². The fourth-order valence-electron chi connectivity index (χ4n) is 2.96. The molecule has 1 aromatic carbocycles. The van der Waals surface area contributed by atoms with Crippen molar-refractivity contribution in [2.75, 3.05) is 32.1 Å². The molecule has 0 spiro atoms. The molecule has 2 heterocycles. The molecule has 1 aromatic heterocycles. The maximum Gasteiger partial charge on any atom is 0.136 e. The standard InChI is InChI=1S/C17H21FN4O/c1-21(2)17-14-9-22(8-7-15(14)19-11-20-17)10-16(23)12-3-5-13(18)6-4-12/h3-6,11,16,23H,7-10H2,1-2H3/t16-/m0/s1. The Morgan fingerprint density at radius 3 is 2.70 bits per heavy atom. The number of rotatable bonds is 4. The van der Waals surface area contributed by atoms with Gasteiger partial charge in [0.1, 0.15) is 18.0 Å². The molecule has 1 aliphatic rings. The first-order valence-electron chi connectivity index (χ1n) is 7.70. The van der Waals surface area contributed by atoms with Crippen LogP contribution in [0, 0.1) is 5.82 Å². The van der Waals surface area contributed by atoms with Crippen molar-refractivity contribution in [3.63, 3.8) is 0 Å². The maximum absolute atomic E-state index is 13.0. The first-order chi connectivity index (χ1) is 11.0. The lowest BCUT2D eigenvalue weighted by Gasteiger charge is -2.31. The monoisotopic (exact) mass is 316 g/mol. The van der Waals surface area contributed by atoms with Crippen molar-refractivity contribution < 1.29 is 9.50 Å². The summed E-state index contributed by atoms with van der Waals surface area (Å²) < 4.78 is 13.0. The topological polar surface area (TPSA) is 52.5 Å². The summed E-state index contributed by atoms with van der Waals surface area (Å²) in [5.41, 5.74) is 2.93. The van der Waals surface area contributed by atoms with Crippen LogP contribution >= 0.6 is 0 Å². The van der Waals surface area contributed by atoms with E-state index in [2.05, 4.69) is 14.9 Å². The smallest absolute Gasteiger partial charge is 0.136 e. The fourth-order valence-corrected chi connectivity index (χ4v) is 2.96. The van der Waals surface area contributed by atoms with Crippen molar-refractivity contribution in [1.29, 1.82) is 0 Å². The van der Waals surface area contributed by atoms with E-state index in [0.29, 0.717) is 13.1 Å². The average Bonchev–Trinajstić information content (AvgIpc) is 2.54. The first kappa shape index (κ1) is 15.8. The summed E-state index contributed by atoms with van der Waals surface area (Å²) in [6, 6.07) is 6.02. The van der Waals surface area contributed by atoms with Gasteiger partial charge in [0.2, 0.25) is 0 Å². The molecule has 0 aliphatic carbocycles. The molecule has 122 valence electrons. The van der Waals surface area contributed by atoms with Gasteiger partial charge >= 0.3 is 0 Å². The number of aliphatic hydroxyl groups excluding tert-OH is 1. The molecule has 0 saturated carbocycles. The molecule has 23 heavy (non-hydrogen) atoms. The van der Waals surface area contributed by atoms with Crippen molar-refractivity contribution in [2.24, 2.45) is 0 Å². The molecule has 6 heteroatoms. The van der Waals surface area contributed by atoms with Crippen LogP contribution in [0.1, 0.15) is 22.9 Å². The van der Waals surface area contributed by atoms with Gasteiger partial charge in [-0.2, -0.15) is 0 Å². The van der Waals surface area contributed by atoms with E-state index in [1.54, 1.807) is 18.5 Å². The van der Waals surface area contributed by atoms with Crippen LogP contribution in [0.15, 0.2) is 30.6 Å². The summed E-state index contributed by atoms with van der Waals surface area (Å²) >= 11 is 0. The Balaban J connectivity index is 1.73. The van der Waals surface area contributed by atoms with E-state index in [1.165, 1.54) is 12.1 Å². The lowest BCUT2D eigenvalue weighted by molar-refractivity contribution is 0.105. The van der Waals surface area contributed by atoms with E-state index in [0.717, 1.165) is 35.6 Å². The third-order valence-electron chi connectivity index (χ3n) is 4.17. The highest BCUT2D eigenvalue weighted by atomic mass is 19.1. The van der Waals surface area contributed by atoms with Gasteiger partial charge in [-0.15, -0.1) is 0 Å². The van der Waals surface area contributed by atoms with Gasteiger partial charge < -0.3 is 10.0 Å². The van der Waals surface area contributed by atoms with Crippen molar-refractivity contribution >= 4 is 5.82 Å². The molecule has 0 saturated heterocycles. The number of anilines is 1. The van der Waals surface area contributed by atoms with Gasteiger partial charge in [0.15, 0.2) is 0 Å². The molecule has 1 N–H and O–H groups in total. The second kappa shape index (κ2) is 6.60. The molecule has 3 rings (SSSR count). The Morgan fingerprint density at radius 2 is 2.00 bits per heavy atom. The van der Waals surface area contributed by atoms with Crippen molar-refractivity contribution in [2.45, 2.75) is 19.1 Å². The zero-order valence-electron chi connectivity index (χ0n) is 13.4. The van der Waals surface area contributed by atoms with Crippen LogP contribution in [0.4, 0.5) is 10.2 Å². The largest absolute Gasteiger partial charge is 0.387 e. The van der Waals surface area contributed by atoms with E-state index >= 15 is 0 Å². The Hall–Kier alpha value is -2.05. The molecule has 1 atom stereocenters. The molecule has 2 aromatic rings. The van der Waals surface area contributed by atoms with E-state index in [1.807, 2.05) is 19.0 Å². The van der Waals surface area contributed by atoms with E-state index in [-0.39, 0.29) is 5.82 Å². The molecule has 0 amide bonds. The van der Waals surface area contributed by atoms with Crippen LogP contribution in [-0.2, 0) is 13.0 Å². The fraction of sp³-hybridized carbons (Fsp3) is 0.412. The Kier molecular flexibility index (Phi) is 4.54. The number of aliphatic hydroxyl groups is 1. The normalized spacial score (nSPS) is 16.0. The Bertz CT molecular complexity index is 675. The highest BCUT2D eigenvalue weighted by Gasteiger charge is 2.23. The van der Waals surface area contributed by atoms with Crippen molar-refractivity contribution in [1.82, 2.24) is 14.9 Å². The molecular weight excluding hydrogens is 295 g/mol. The van der Waals surface area contributed by atoms with Gasteiger partial charge in [-0.1, -0.05) is 12.1 Å². The van der Waals surface area contributed by atoms with Gasteiger partial charge in [-0.05, 0) is 17.7 Å². The minimum Gasteiger partial charge on any atom is -0.387 e. The van der Waals surface area contributed by atoms with E-state index < -0.39 is 6.10 Å². The molecule has 0 radical (unpaired) electrons. The molecule has 0 bridgehead atoms. The lowest BCUT2D eigenvalue weighted by atomic mass is 10.0. The number of hydrogen-bond donors (Lipinski definition) is 1. The van der Waals surface area contributed by atoms with Gasteiger partial charge in [0.05, 0.1) is 11.8 Å². The van der Waals surface area contributed by atoms with Crippen LogP contribution in [0.5, 0.6) is 0 Å². The van der Waals surface area contributed by atoms with Crippen LogP contribution in [0.2, 0.25) is 0 Å². The lowest BCUT2D eigenvalue weighted by Crippen LogP contribution is -2.35. The Morgan fingerprint density at radius 1 is 1.26 bits per heavy atom. The second-order valence-corrected chi connectivity index (χ2v) is 6.07. The highest BCUT2D eigenvalue weighted by Crippen LogP contribution is 2.26. The van der Waals surface area contributed by atoms with E-state index in [4.69, 9.17) is 0 Å². The summed E-state index contributed by atoms with van der Waals surface area (Å²) in [6.07, 6.45) is 1.82. The summed E-state index contributed by atoms with van der Waals surface area (Å²) in [6.45, 7) is 2.06. The number of nitrogens with zero attached hydrogens (tertiary/aromatic N) is 4. The average molecular weight is 316 g/mol. The Labute approximate surface area is 135 Å². The van der Waals surface area contributed by atoms with Crippen LogP contribution in [0.3, 0.4) is 0 Å². The number of hydrogen-bond acceptors (Lipinski definition) is 5. The second-order valence-electron chi connectivity index (χ2n) is 6.07. The SMILES string of the molecule is CN(C)c1ncnc2c1CN(C[C@H](O)c1ccc(F)cc1)CC2. The number of aromatic nitrogens is 2. The number of β-amino-alcohol motifs (C(OH)–C–C–N with tert-alkyl or cyclic N) is 1. The number of benzene rings is 1. The third-order valence-corrected chi connectivity index (χ3v) is 4.17. The predicted octanol–water partition coefficient (Wildman–Crippen LogP) is 1.77. The van der Waals surface area contributed by atoms with Crippen LogP contribution < -0.4 is 4.90 Å². The minimum absolute atomic E-state index is 0.291. The van der Waals surface area contributed by atoms with Crippen molar-refractivity contribution in [3.05, 3.63) is 53.2 Å². The number of halogens is 1. The maximum atomic E-state index is 13.0. The quantitative estimate of drug-likeness (QED) is 0.932. The molecule has 0 unspecified atom stereocenters. The summed E-state index contributed by atoms with van der Waals surface area (Å²) in [5.74, 6) is 0.636. The first-order valence-corrected chi connectivity index (χ1v) is 7.70. The van der Waals surface area contributed by atoms with E-state index in [9.17, 15) is 9.50 Å². The van der Waals surface area contributed by atoms with Gasteiger partial charge in [-0.25, -0.2) is 14.4 Å².